The molecule has 4 nitrogen and oxygen atoms in total. The van der Waals surface area contributed by atoms with Crippen LogP contribution in [0.5, 0.6) is 0 Å². The molecule has 4 heteroatoms. The third-order valence-corrected chi connectivity index (χ3v) is 2.90. The molecule has 0 radical (unpaired) electrons. The van der Waals surface area contributed by atoms with Gasteiger partial charge in [-0.3, -0.25) is 0 Å². The van der Waals surface area contributed by atoms with E-state index in [1.165, 1.54) is 0 Å². The average molecular weight is 242 g/mol. The second-order valence-electron chi connectivity index (χ2n) is 4.48. The van der Waals surface area contributed by atoms with E-state index in [9.17, 15) is 19.8 Å². The lowest BCUT2D eigenvalue weighted by Crippen LogP contribution is -2.31. The molecule has 1 unspecified atom stereocenters. The van der Waals surface area contributed by atoms with E-state index in [1.807, 2.05) is 6.92 Å². The number of carboxylic acids is 2. The maximum Gasteiger partial charge on any atom is 0.0445 e. The summed E-state index contributed by atoms with van der Waals surface area (Å²) < 4.78 is 0. The third kappa shape index (κ3) is 9.85. The van der Waals surface area contributed by atoms with Crippen molar-refractivity contribution in [1.29, 1.82) is 0 Å². The summed E-state index contributed by atoms with van der Waals surface area (Å²) in [5, 5.41) is 20.9. The number of carbonyl (C=O) groups is 2. The van der Waals surface area contributed by atoms with Gasteiger partial charge < -0.3 is 19.8 Å². The molecule has 100 valence electrons. The largest absolute Gasteiger partial charge is 0.550 e. The van der Waals surface area contributed by atoms with Crippen molar-refractivity contribution in [3.8, 4) is 0 Å². The predicted molar refractivity (Wildman–Crippen MR) is 60.7 cm³/mol. The van der Waals surface area contributed by atoms with Gasteiger partial charge in [0.2, 0.25) is 0 Å². The van der Waals surface area contributed by atoms with Crippen LogP contribution in [-0.2, 0) is 9.59 Å². The zero-order valence-corrected chi connectivity index (χ0v) is 10.6. The summed E-state index contributed by atoms with van der Waals surface area (Å²) in [4.78, 5) is 20.9. The molecule has 17 heavy (non-hydrogen) atoms. The van der Waals surface area contributed by atoms with Crippen molar-refractivity contribution < 1.29 is 19.8 Å². The topological polar surface area (TPSA) is 80.3 Å². The Kier molecular flexibility index (Phi) is 9.49. The van der Waals surface area contributed by atoms with Crippen LogP contribution in [0.25, 0.3) is 0 Å². The highest BCUT2D eigenvalue weighted by molar-refractivity contribution is 5.67. The second-order valence-corrected chi connectivity index (χ2v) is 4.48. The predicted octanol–water partition coefficient (Wildman–Crippen LogP) is 0.633. The first kappa shape index (κ1) is 15.9. The van der Waals surface area contributed by atoms with Crippen LogP contribution in [0, 0.1) is 5.92 Å². The van der Waals surface area contributed by atoms with Crippen molar-refractivity contribution in [2.45, 2.75) is 64.7 Å². The highest BCUT2D eigenvalue weighted by Crippen LogP contribution is 2.16. The Hall–Kier alpha value is -1.06. The Bertz CT molecular complexity index is 225. The molecule has 0 fully saturated rings. The zero-order valence-electron chi connectivity index (χ0n) is 10.6. The van der Waals surface area contributed by atoms with Crippen molar-refractivity contribution >= 4 is 11.9 Å². The van der Waals surface area contributed by atoms with E-state index in [1.54, 1.807) is 0 Å². The molecule has 0 aliphatic rings. The molecular formula is C13H22O4-2. The van der Waals surface area contributed by atoms with Crippen LogP contribution < -0.4 is 10.2 Å². The molecule has 0 amide bonds. The zero-order chi connectivity index (χ0) is 13.1. The van der Waals surface area contributed by atoms with Gasteiger partial charge in [0.1, 0.15) is 0 Å². The molecule has 0 N–H and O–H groups in total. The lowest BCUT2D eigenvalue weighted by Gasteiger charge is -2.16. The molecule has 0 aromatic heterocycles. The number of hydrogen-bond donors (Lipinski definition) is 0. The smallest absolute Gasteiger partial charge is 0.0445 e. The van der Waals surface area contributed by atoms with E-state index in [0.717, 1.165) is 32.1 Å². The van der Waals surface area contributed by atoms with Gasteiger partial charge in [0, 0.05) is 11.9 Å². The number of hydrogen-bond acceptors (Lipinski definition) is 4. The summed E-state index contributed by atoms with van der Waals surface area (Å²) in [6, 6.07) is 0. The van der Waals surface area contributed by atoms with Gasteiger partial charge in [-0.15, -0.1) is 0 Å². The van der Waals surface area contributed by atoms with Crippen molar-refractivity contribution in [3.63, 3.8) is 0 Å². The highest BCUT2D eigenvalue weighted by atomic mass is 16.4. The lowest BCUT2D eigenvalue weighted by atomic mass is 9.96. The van der Waals surface area contributed by atoms with Gasteiger partial charge in [-0.25, -0.2) is 0 Å². The Morgan fingerprint density at radius 3 is 2.06 bits per heavy atom. The molecule has 0 saturated heterocycles. The van der Waals surface area contributed by atoms with Gasteiger partial charge in [0.15, 0.2) is 0 Å². The van der Waals surface area contributed by atoms with E-state index in [0.29, 0.717) is 19.3 Å². The minimum Gasteiger partial charge on any atom is -0.550 e. The van der Waals surface area contributed by atoms with Gasteiger partial charge >= 0.3 is 0 Å². The number of carbonyl (C=O) groups excluding carboxylic acids is 2. The molecule has 0 bridgehead atoms. The fourth-order valence-electron chi connectivity index (χ4n) is 1.92. The Morgan fingerprint density at radius 2 is 1.53 bits per heavy atom. The first-order chi connectivity index (χ1) is 8.07. The van der Waals surface area contributed by atoms with E-state index < -0.39 is 11.9 Å². The quantitative estimate of drug-likeness (QED) is 0.498. The lowest BCUT2D eigenvalue weighted by molar-refractivity contribution is -0.312. The van der Waals surface area contributed by atoms with Gasteiger partial charge in [0.25, 0.3) is 0 Å². The van der Waals surface area contributed by atoms with E-state index >= 15 is 0 Å². The van der Waals surface area contributed by atoms with Gasteiger partial charge in [-0.2, -0.15) is 0 Å². The number of unbranched alkanes of at least 4 members (excludes halogenated alkanes) is 4. The molecule has 1 atom stereocenters. The summed E-state index contributed by atoms with van der Waals surface area (Å²) in [5.74, 6) is -2.25. The molecule has 0 aliphatic carbocycles. The van der Waals surface area contributed by atoms with Gasteiger partial charge in [-0.05, 0) is 31.6 Å². The standard InChI is InChI=1S/C13H24O4/c1-2-8-11(13(16)17)9-6-4-3-5-7-10-12(14)15/h11H,2-10H2,1H3,(H,14,15)(H,16,17)/p-2. The van der Waals surface area contributed by atoms with Crippen LogP contribution in [0.1, 0.15) is 64.7 Å². The van der Waals surface area contributed by atoms with Crippen LogP contribution in [-0.4, -0.2) is 11.9 Å². The van der Waals surface area contributed by atoms with Crippen LogP contribution in [0.15, 0.2) is 0 Å². The minimum atomic E-state index is -0.995. The molecular weight excluding hydrogens is 220 g/mol. The molecule has 0 spiro atoms. The van der Waals surface area contributed by atoms with Crippen LogP contribution in [0.3, 0.4) is 0 Å². The molecule has 0 aromatic carbocycles. The second kappa shape index (κ2) is 10.1. The average Bonchev–Trinajstić information content (AvgIpc) is 2.25. The maximum atomic E-state index is 10.7. The van der Waals surface area contributed by atoms with Crippen LogP contribution >= 0.6 is 0 Å². The van der Waals surface area contributed by atoms with Crippen LogP contribution in [0.2, 0.25) is 0 Å². The fourth-order valence-corrected chi connectivity index (χ4v) is 1.92. The highest BCUT2D eigenvalue weighted by Gasteiger charge is 2.07. The Labute approximate surface area is 103 Å². The normalized spacial score (nSPS) is 12.3. The van der Waals surface area contributed by atoms with E-state index in [-0.39, 0.29) is 12.3 Å². The SMILES string of the molecule is CCCC(CCCCCCCC(=O)[O-])C(=O)[O-]. The van der Waals surface area contributed by atoms with Crippen molar-refractivity contribution in [2.24, 2.45) is 5.92 Å². The van der Waals surface area contributed by atoms with Crippen molar-refractivity contribution in [2.75, 3.05) is 0 Å². The van der Waals surface area contributed by atoms with Crippen LogP contribution in [0.4, 0.5) is 0 Å². The van der Waals surface area contributed by atoms with Gasteiger partial charge in [-0.1, -0.05) is 39.0 Å². The number of carboxylic acid groups (broad SMARTS) is 2. The molecule has 0 heterocycles. The van der Waals surface area contributed by atoms with E-state index in [2.05, 4.69) is 0 Å². The summed E-state index contributed by atoms with van der Waals surface area (Å²) in [6.45, 7) is 1.97. The van der Waals surface area contributed by atoms with Crippen molar-refractivity contribution in [3.05, 3.63) is 0 Å². The maximum absolute atomic E-state index is 10.7. The third-order valence-electron chi connectivity index (χ3n) is 2.90. The monoisotopic (exact) mass is 242 g/mol. The first-order valence-electron chi connectivity index (χ1n) is 6.48. The molecule has 0 saturated carbocycles. The fraction of sp³-hybridized carbons (Fsp3) is 0.846. The number of rotatable bonds is 11. The van der Waals surface area contributed by atoms with Gasteiger partial charge in [0.05, 0.1) is 0 Å². The summed E-state index contributed by atoms with van der Waals surface area (Å²) in [6.07, 6.45) is 6.67. The molecule has 0 rings (SSSR count). The Balaban J connectivity index is 3.42. The van der Waals surface area contributed by atoms with Crippen molar-refractivity contribution in [1.82, 2.24) is 0 Å². The first-order valence-corrected chi connectivity index (χ1v) is 6.48. The summed E-state index contributed by atoms with van der Waals surface area (Å²) in [7, 11) is 0. The summed E-state index contributed by atoms with van der Waals surface area (Å²) in [5.41, 5.74) is 0. The summed E-state index contributed by atoms with van der Waals surface area (Å²) >= 11 is 0. The minimum absolute atomic E-state index is 0.123. The molecule has 0 aromatic rings. The van der Waals surface area contributed by atoms with E-state index in [4.69, 9.17) is 0 Å². The molecule has 0 aliphatic heterocycles. The number of aliphatic carboxylic acids is 2. The Morgan fingerprint density at radius 1 is 0.941 bits per heavy atom.